The Morgan fingerprint density at radius 1 is 1.04 bits per heavy atom. The summed E-state index contributed by atoms with van der Waals surface area (Å²) < 4.78 is 32.2. The van der Waals surface area contributed by atoms with Crippen molar-refractivity contribution < 1.29 is 17.9 Å². The molecule has 2 aromatic carbocycles. The largest absolute Gasteiger partial charge is 0.445 e. The fraction of sp³-hybridized carbons (Fsp3) is 0.278. The second-order valence-corrected chi connectivity index (χ2v) is 7.93. The molecule has 126 valence electrons. The number of hydrogen-bond donors (Lipinski definition) is 0. The number of sulfonamides is 1. The van der Waals surface area contributed by atoms with Gasteiger partial charge in [-0.25, -0.2) is 8.42 Å². The summed E-state index contributed by atoms with van der Waals surface area (Å²) in [6.07, 6.45) is -0.672. The molecule has 0 unspecified atom stereocenters. The van der Waals surface area contributed by atoms with E-state index >= 15 is 0 Å². The van der Waals surface area contributed by atoms with Gasteiger partial charge in [0.2, 0.25) is 10.0 Å². The number of rotatable bonds is 4. The highest BCUT2D eigenvalue weighted by Crippen LogP contribution is 2.35. The number of likely N-dealkylation sites (N-methyl/N-ethyl adjacent to an activating group) is 1. The minimum absolute atomic E-state index is 0.169. The Morgan fingerprint density at radius 3 is 2.29 bits per heavy atom. The molecule has 1 fully saturated rings. The summed E-state index contributed by atoms with van der Waals surface area (Å²) >= 11 is 0. The lowest BCUT2D eigenvalue weighted by molar-refractivity contribution is -0.144. The van der Waals surface area contributed by atoms with Crippen LogP contribution in [0.2, 0.25) is 0 Å². The Bertz CT molecular complexity index is 831. The Hall–Kier alpha value is -2.18. The molecule has 1 aliphatic rings. The van der Waals surface area contributed by atoms with Gasteiger partial charge >= 0.3 is 5.97 Å². The van der Waals surface area contributed by atoms with Gasteiger partial charge in [0.05, 0.1) is 11.3 Å². The predicted octanol–water partition coefficient (Wildman–Crippen LogP) is 2.67. The van der Waals surface area contributed by atoms with Crippen molar-refractivity contribution in [1.82, 2.24) is 4.31 Å². The zero-order valence-electron chi connectivity index (χ0n) is 13.5. The van der Waals surface area contributed by atoms with E-state index in [0.717, 1.165) is 15.4 Å². The number of hydrogen-bond acceptors (Lipinski definition) is 4. The Labute approximate surface area is 141 Å². The topological polar surface area (TPSA) is 63.7 Å². The quantitative estimate of drug-likeness (QED) is 0.799. The van der Waals surface area contributed by atoms with E-state index in [1.807, 2.05) is 37.3 Å². The summed E-state index contributed by atoms with van der Waals surface area (Å²) in [5.74, 6) is -0.705. The van der Waals surface area contributed by atoms with Crippen molar-refractivity contribution in [1.29, 1.82) is 0 Å². The van der Waals surface area contributed by atoms with Crippen LogP contribution in [0.3, 0.4) is 0 Å². The molecule has 0 radical (unpaired) electrons. The maximum Gasteiger partial charge on any atom is 0.308 e. The monoisotopic (exact) mass is 345 g/mol. The van der Waals surface area contributed by atoms with Crippen LogP contribution in [0.5, 0.6) is 0 Å². The second kappa shape index (κ2) is 6.37. The zero-order valence-corrected chi connectivity index (χ0v) is 14.4. The average Bonchev–Trinajstić information content (AvgIpc) is 2.97. The molecule has 1 heterocycles. The molecule has 5 nitrogen and oxygen atoms in total. The molecule has 0 amide bonds. The molecule has 0 aromatic heterocycles. The fourth-order valence-corrected chi connectivity index (χ4v) is 4.14. The van der Waals surface area contributed by atoms with E-state index in [2.05, 4.69) is 0 Å². The number of carbonyl (C=O) groups is 1. The van der Waals surface area contributed by atoms with Crippen LogP contribution >= 0.6 is 0 Å². The molecule has 0 saturated carbocycles. The first-order valence-electron chi connectivity index (χ1n) is 7.69. The predicted molar refractivity (Wildman–Crippen MR) is 89.8 cm³/mol. The first-order chi connectivity index (χ1) is 11.4. The van der Waals surface area contributed by atoms with Crippen LogP contribution in [-0.2, 0) is 19.6 Å². The smallest absolute Gasteiger partial charge is 0.308 e. The summed E-state index contributed by atoms with van der Waals surface area (Å²) in [5, 5.41) is 0. The number of cyclic esters (lactones) is 1. The molecule has 1 aliphatic heterocycles. The Balaban J connectivity index is 1.93. The van der Waals surface area contributed by atoms with Crippen LogP contribution in [-0.4, -0.2) is 32.0 Å². The number of esters is 1. The van der Waals surface area contributed by atoms with Gasteiger partial charge in [-0.1, -0.05) is 48.0 Å². The van der Waals surface area contributed by atoms with Crippen LogP contribution in [0.15, 0.2) is 59.5 Å². The van der Waals surface area contributed by atoms with Crippen LogP contribution in [0.25, 0.3) is 0 Å². The van der Waals surface area contributed by atoms with Crippen molar-refractivity contribution in [2.45, 2.75) is 30.4 Å². The average molecular weight is 345 g/mol. The van der Waals surface area contributed by atoms with Gasteiger partial charge in [0, 0.05) is 13.0 Å². The molecule has 6 heteroatoms. The van der Waals surface area contributed by atoms with Crippen LogP contribution in [0.1, 0.15) is 23.5 Å². The number of ether oxygens (including phenoxy) is 1. The first-order valence-corrected chi connectivity index (χ1v) is 9.13. The summed E-state index contributed by atoms with van der Waals surface area (Å²) in [7, 11) is -2.29. The van der Waals surface area contributed by atoms with Gasteiger partial charge in [-0.15, -0.1) is 0 Å². The van der Waals surface area contributed by atoms with Gasteiger partial charge < -0.3 is 4.74 Å². The van der Waals surface area contributed by atoms with E-state index in [-0.39, 0.29) is 23.2 Å². The molecule has 2 atom stereocenters. The molecular weight excluding hydrogens is 326 g/mol. The number of carbonyl (C=O) groups excluding carboxylic acids is 1. The first kappa shape index (κ1) is 16.7. The lowest BCUT2D eigenvalue weighted by Crippen LogP contribution is -2.39. The third kappa shape index (κ3) is 3.07. The van der Waals surface area contributed by atoms with Crippen molar-refractivity contribution in [3.05, 3.63) is 65.7 Å². The Morgan fingerprint density at radius 2 is 1.67 bits per heavy atom. The summed E-state index contributed by atoms with van der Waals surface area (Å²) in [5.41, 5.74) is 1.87. The minimum atomic E-state index is -3.75. The van der Waals surface area contributed by atoms with E-state index in [1.165, 1.54) is 7.05 Å². The van der Waals surface area contributed by atoms with E-state index < -0.39 is 16.3 Å². The van der Waals surface area contributed by atoms with Crippen LogP contribution in [0, 0.1) is 6.92 Å². The van der Waals surface area contributed by atoms with Gasteiger partial charge in [-0.3, -0.25) is 4.79 Å². The van der Waals surface area contributed by atoms with E-state index in [1.54, 1.807) is 24.3 Å². The molecule has 1 saturated heterocycles. The molecule has 24 heavy (non-hydrogen) atoms. The van der Waals surface area contributed by atoms with Crippen molar-refractivity contribution in [3.8, 4) is 0 Å². The van der Waals surface area contributed by atoms with Crippen molar-refractivity contribution in [2.75, 3.05) is 7.05 Å². The van der Waals surface area contributed by atoms with Gasteiger partial charge in [0.25, 0.3) is 0 Å². The molecular formula is C18H19NO4S. The highest BCUT2D eigenvalue weighted by atomic mass is 32.2. The van der Waals surface area contributed by atoms with Crippen molar-refractivity contribution in [2.24, 2.45) is 0 Å². The normalized spacial score (nSPS) is 21.0. The van der Waals surface area contributed by atoms with Crippen LogP contribution < -0.4 is 0 Å². The van der Waals surface area contributed by atoms with Crippen molar-refractivity contribution in [3.63, 3.8) is 0 Å². The molecule has 2 aromatic rings. The molecule has 0 N–H and O–H groups in total. The summed E-state index contributed by atoms with van der Waals surface area (Å²) in [4.78, 5) is 12.0. The fourth-order valence-electron chi connectivity index (χ4n) is 2.87. The van der Waals surface area contributed by atoms with E-state index in [0.29, 0.717) is 0 Å². The standard InChI is InChI=1S/C18H19NO4S/c1-13-8-10-15(11-9-13)24(21,22)19(2)18-16(12-17(20)23-18)14-6-4-3-5-7-14/h3-11,16,18H,12H2,1-2H3/t16-,18+/m0/s1. The number of benzene rings is 2. The van der Waals surface area contributed by atoms with Gasteiger partial charge in [-0.2, -0.15) is 4.31 Å². The lowest BCUT2D eigenvalue weighted by Gasteiger charge is -2.27. The maximum absolute atomic E-state index is 12.8. The number of nitrogens with zero attached hydrogens (tertiary/aromatic N) is 1. The highest BCUT2D eigenvalue weighted by molar-refractivity contribution is 7.89. The van der Waals surface area contributed by atoms with Gasteiger partial charge in [0.1, 0.15) is 0 Å². The van der Waals surface area contributed by atoms with Crippen LogP contribution in [0.4, 0.5) is 0 Å². The van der Waals surface area contributed by atoms with E-state index in [9.17, 15) is 13.2 Å². The SMILES string of the molecule is Cc1ccc(S(=O)(=O)N(C)[C@@H]2OC(=O)C[C@H]2c2ccccc2)cc1. The summed E-state index contributed by atoms with van der Waals surface area (Å²) in [6.45, 7) is 1.89. The molecule has 0 aliphatic carbocycles. The van der Waals surface area contributed by atoms with E-state index in [4.69, 9.17) is 4.74 Å². The lowest BCUT2D eigenvalue weighted by atomic mass is 9.96. The van der Waals surface area contributed by atoms with Crippen molar-refractivity contribution >= 4 is 16.0 Å². The minimum Gasteiger partial charge on any atom is -0.445 e. The van der Waals surface area contributed by atoms with Gasteiger partial charge in [0.15, 0.2) is 6.23 Å². The molecule has 0 bridgehead atoms. The Kier molecular flexibility index (Phi) is 4.43. The zero-order chi connectivity index (χ0) is 17.3. The molecule has 3 rings (SSSR count). The molecule has 0 spiro atoms. The third-order valence-corrected chi connectivity index (χ3v) is 6.10. The second-order valence-electron chi connectivity index (χ2n) is 5.94. The maximum atomic E-state index is 12.8. The highest BCUT2D eigenvalue weighted by Gasteiger charge is 2.42. The third-order valence-electron chi connectivity index (χ3n) is 4.27. The van der Waals surface area contributed by atoms with Gasteiger partial charge in [-0.05, 0) is 24.6 Å². The number of aryl methyl sites for hydroxylation is 1. The summed E-state index contributed by atoms with van der Waals surface area (Å²) in [6, 6.07) is 16.0.